The van der Waals surface area contributed by atoms with E-state index < -0.39 is 11.9 Å². The van der Waals surface area contributed by atoms with Gasteiger partial charge in [0.1, 0.15) is 5.69 Å². The molecule has 1 aliphatic carbocycles. The van der Waals surface area contributed by atoms with Crippen LogP contribution in [0.25, 0.3) is 0 Å². The van der Waals surface area contributed by atoms with Gasteiger partial charge in [0.05, 0.1) is 6.54 Å². The van der Waals surface area contributed by atoms with Gasteiger partial charge in [-0.15, -0.1) is 10.2 Å². The summed E-state index contributed by atoms with van der Waals surface area (Å²) in [4.78, 5) is 9.63. The van der Waals surface area contributed by atoms with E-state index in [-0.39, 0.29) is 12.0 Å². The lowest BCUT2D eigenvalue weighted by molar-refractivity contribution is -0.141. The molecule has 2 aromatic heterocycles. The predicted octanol–water partition coefficient (Wildman–Crippen LogP) is 2.83. The fourth-order valence-electron chi connectivity index (χ4n) is 3.10. The van der Waals surface area contributed by atoms with Gasteiger partial charge in [-0.1, -0.05) is 0 Å². The average molecular weight is 368 g/mol. The van der Waals surface area contributed by atoms with Crippen molar-refractivity contribution in [3.63, 3.8) is 0 Å². The van der Waals surface area contributed by atoms with Crippen LogP contribution in [0.2, 0.25) is 0 Å². The summed E-state index contributed by atoms with van der Waals surface area (Å²) in [5, 5.41) is 11.2. The Labute approximate surface area is 148 Å². The normalized spacial score (nSPS) is 21.7. The number of rotatable bonds is 5. The lowest BCUT2D eigenvalue weighted by Crippen LogP contribution is -2.42. The molecule has 4 rings (SSSR count). The zero-order valence-electron chi connectivity index (χ0n) is 14.0. The van der Waals surface area contributed by atoms with E-state index >= 15 is 0 Å². The zero-order valence-corrected chi connectivity index (χ0v) is 14.0. The summed E-state index contributed by atoms with van der Waals surface area (Å²) in [5.74, 6) is 1.72. The van der Waals surface area contributed by atoms with E-state index in [0.717, 1.165) is 44.5 Å². The monoisotopic (exact) mass is 368 g/mol. The Morgan fingerprint density at radius 3 is 2.85 bits per heavy atom. The number of nitrogens with zero attached hydrogens (tertiary/aromatic N) is 5. The number of halogens is 3. The molecule has 0 bridgehead atoms. The maximum Gasteiger partial charge on any atom is 0.433 e. The van der Waals surface area contributed by atoms with E-state index in [1.165, 1.54) is 0 Å². The van der Waals surface area contributed by atoms with Crippen LogP contribution in [0.4, 0.5) is 19.1 Å². The first-order chi connectivity index (χ1) is 12.5. The molecule has 1 N–H and O–H groups in total. The van der Waals surface area contributed by atoms with Crippen molar-refractivity contribution in [2.24, 2.45) is 0 Å². The van der Waals surface area contributed by atoms with E-state index in [0.29, 0.717) is 30.8 Å². The lowest BCUT2D eigenvalue weighted by Gasteiger charge is -2.32. The second kappa shape index (κ2) is 6.82. The molecule has 0 spiro atoms. The molecule has 1 saturated carbocycles. The van der Waals surface area contributed by atoms with E-state index in [1.807, 2.05) is 0 Å². The van der Waals surface area contributed by atoms with Crippen molar-refractivity contribution in [3.05, 3.63) is 29.7 Å². The molecule has 0 radical (unpaired) electrons. The number of nitrogens with one attached hydrogen (secondary N) is 1. The van der Waals surface area contributed by atoms with Crippen LogP contribution in [0, 0.1) is 0 Å². The lowest BCUT2D eigenvalue weighted by atomic mass is 10.1. The van der Waals surface area contributed by atoms with Gasteiger partial charge in [-0.25, -0.2) is 9.97 Å². The van der Waals surface area contributed by atoms with Crippen molar-refractivity contribution in [1.29, 1.82) is 0 Å². The summed E-state index contributed by atoms with van der Waals surface area (Å²) in [6.45, 7) is 2.07. The fraction of sp³-hybridized carbons (Fsp3) is 0.625. The van der Waals surface area contributed by atoms with Crippen LogP contribution in [0.15, 0.2) is 16.7 Å². The standard InChI is InChI=1S/C16H19F3N6O/c17-16(18,19)12-5-6-20-15(22-12)21-11-2-1-7-25(8-11)9-13-23-24-14(26-13)10-3-4-10/h5-6,10-11H,1-4,7-9H2,(H,20,21,22). The molecule has 10 heteroatoms. The van der Waals surface area contributed by atoms with Crippen LogP contribution in [-0.4, -0.2) is 44.2 Å². The van der Waals surface area contributed by atoms with Gasteiger partial charge in [-0.2, -0.15) is 13.2 Å². The molecule has 2 aromatic rings. The van der Waals surface area contributed by atoms with Crippen LogP contribution in [0.3, 0.4) is 0 Å². The van der Waals surface area contributed by atoms with E-state index in [1.54, 1.807) is 0 Å². The summed E-state index contributed by atoms with van der Waals surface area (Å²) in [5.41, 5.74) is -0.943. The van der Waals surface area contributed by atoms with Gasteiger partial charge in [0.15, 0.2) is 0 Å². The van der Waals surface area contributed by atoms with Crippen LogP contribution < -0.4 is 5.32 Å². The molecule has 2 aliphatic rings. The minimum absolute atomic E-state index is 0.000449. The second-order valence-corrected chi connectivity index (χ2v) is 6.79. The Hall–Kier alpha value is -2.23. The zero-order chi connectivity index (χ0) is 18.1. The first-order valence-corrected chi connectivity index (χ1v) is 8.69. The third kappa shape index (κ3) is 4.12. The smallest absolute Gasteiger partial charge is 0.424 e. The van der Waals surface area contributed by atoms with Gasteiger partial charge in [0, 0.05) is 24.7 Å². The minimum Gasteiger partial charge on any atom is -0.424 e. The van der Waals surface area contributed by atoms with Crippen molar-refractivity contribution in [2.45, 2.75) is 50.4 Å². The van der Waals surface area contributed by atoms with Crippen molar-refractivity contribution < 1.29 is 17.6 Å². The third-order valence-electron chi connectivity index (χ3n) is 4.55. The molecule has 1 saturated heterocycles. The number of likely N-dealkylation sites (tertiary alicyclic amines) is 1. The average Bonchev–Trinajstić information content (AvgIpc) is 3.35. The van der Waals surface area contributed by atoms with Crippen LogP contribution in [-0.2, 0) is 12.7 Å². The number of hydrogen-bond donors (Lipinski definition) is 1. The quantitative estimate of drug-likeness (QED) is 0.869. The molecule has 1 atom stereocenters. The highest BCUT2D eigenvalue weighted by Gasteiger charge is 2.33. The van der Waals surface area contributed by atoms with Crippen molar-refractivity contribution in [1.82, 2.24) is 25.1 Å². The molecule has 140 valence electrons. The van der Waals surface area contributed by atoms with Crippen molar-refractivity contribution in [2.75, 3.05) is 18.4 Å². The Kier molecular flexibility index (Phi) is 4.51. The maximum absolute atomic E-state index is 12.8. The van der Waals surface area contributed by atoms with Crippen LogP contribution in [0.5, 0.6) is 0 Å². The SMILES string of the molecule is FC(F)(F)c1ccnc(NC2CCCN(Cc3nnc(C4CC4)o3)C2)n1. The molecule has 26 heavy (non-hydrogen) atoms. The van der Waals surface area contributed by atoms with E-state index in [9.17, 15) is 13.2 Å². The highest BCUT2D eigenvalue weighted by Crippen LogP contribution is 2.39. The molecule has 3 heterocycles. The molecule has 0 amide bonds. The number of piperidine rings is 1. The van der Waals surface area contributed by atoms with Crippen molar-refractivity contribution >= 4 is 5.95 Å². The largest absolute Gasteiger partial charge is 0.433 e. The highest BCUT2D eigenvalue weighted by atomic mass is 19.4. The number of hydrogen-bond acceptors (Lipinski definition) is 7. The maximum atomic E-state index is 12.8. The van der Waals surface area contributed by atoms with Gasteiger partial charge in [-0.3, -0.25) is 4.90 Å². The molecule has 0 aromatic carbocycles. The fourth-order valence-corrected chi connectivity index (χ4v) is 3.10. The van der Waals surface area contributed by atoms with E-state index in [2.05, 4.69) is 30.4 Å². The number of alkyl halides is 3. The third-order valence-corrected chi connectivity index (χ3v) is 4.55. The first kappa shape index (κ1) is 17.2. The summed E-state index contributed by atoms with van der Waals surface area (Å²) >= 11 is 0. The van der Waals surface area contributed by atoms with Crippen LogP contribution in [0.1, 0.15) is 49.1 Å². The second-order valence-electron chi connectivity index (χ2n) is 6.79. The van der Waals surface area contributed by atoms with Crippen LogP contribution >= 0.6 is 0 Å². The molecule has 1 unspecified atom stereocenters. The van der Waals surface area contributed by atoms with Crippen molar-refractivity contribution in [3.8, 4) is 0 Å². The minimum atomic E-state index is -4.48. The van der Waals surface area contributed by atoms with Gasteiger partial charge >= 0.3 is 6.18 Å². The Bertz CT molecular complexity index is 760. The van der Waals surface area contributed by atoms with Gasteiger partial charge in [0.2, 0.25) is 17.7 Å². The molecule has 2 fully saturated rings. The summed E-state index contributed by atoms with van der Waals surface area (Å²) in [6, 6.07) is 0.837. The van der Waals surface area contributed by atoms with Gasteiger partial charge in [0.25, 0.3) is 0 Å². The van der Waals surface area contributed by atoms with E-state index in [4.69, 9.17) is 4.42 Å². The number of aromatic nitrogens is 4. The summed E-state index contributed by atoms with van der Waals surface area (Å²) in [6.07, 6.45) is 0.613. The summed E-state index contributed by atoms with van der Waals surface area (Å²) < 4.78 is 44.0. The molecule has 7 nitrogen and oxygen atoms in total. The Morgan fingerprint density at radius 1 is 1.23 bits per heavy atom. The first-order valence-electron chi connectivity index (χ1n) is 8.69. The number of anilines is 1. The Morgan fingerprint density at radius 2 is 2.08 bits per heavy atom. The topological polar surface area (TPSA) is 80.0 Å². The molecular formula is C16H19F3N6O. The summed E-state index contributed by atoms with van der Waals surface area (Å²) in [7, 11) is 0. The van der Waals surface area contributed by atoms with Gasteiger partial charge in [-0.05, 0) is 38.3 Å². The predicted molar refractivity (Wildman–Crippen MR) is 85.2 cm³/mol. The molecule has 1 aliphatic heterocycles. The molecular weight excluding hydrogens is 349 g/mol. The highest BCUT2D eigenvalue weighted by molar-refractivity contribution is 5.28. The Balaban J connectivity index is 1.35. The van der Waals surface area contributed by atoms with Gasteiger partial charge < -0.3 is 9.73 Å².